The molecule has 2 aromatic rings. The summed E-state index contributed by atoms with van der Waals surface area (Å²) in [6.07, 6.45) is 4.18. The van der Waals surface area contributed by atoms with E-state index in [4.69, 9.17) is 9.47 Å². The van der Waals surface area contributed by atoms with Crippen molar-refractivity contribution in [3.05, 3.63) is 69.8 Å². The molecular formula is C22H25N3O5. The number of hydrogen-bond acceptors (Lipinski definition) is 6. The maximum atomic E-state index is 13.0. The summed E-state index contributed by atoms with van der Waals surface area (Å²) in [5.41, 5.74) is 0.869. The van der Waals surface area contributed by atoms with Crippen molar-refractivity contribution < 1.29 is 19.2 Å². The first-order valence-electron chi connectivity index (χ1n) is 9.67. The van der Waals surface area contributed by atoms with E-state index >= 15 is 0 Å². The number of carbonyl (C=O) groups is 1. The molecule has 0 saturated carbocycles. The van der Waals surface area contributed by atoms with Gasteiger partial charge in [0.2, 0.25) is 0 Å². The van der Waals surface area contributed by atoms with Crippen molar-refractivity contribution >= 4 is 17.7 Å². The van der Waals surface area contributed by atoms with E-state index < -0.39 is 4.92 Å². The normalized spacial score (nSPS) is 14.7. The number of nitro groups is 1. The monoisotopic (exact) mass is 411 g/mol. The zero-order valence-corrected chi connectivity index (χ0v) is 17.1. The van der Waals surface area contributed by atoms with Crippen LogP contribution in [0, 0.1) is 10.1 Å². The molecule has 1 aliphatic rings. The number of nitrogens with zero attached hydrogens (tertiary/aromatic N) is 3. The van der Waals surface area contributed by atoms with E-state index in [2.05, 4.69) is 17.1 Å². The van der Waals surface area contributed by atoms with Gasteiger partial charge in [-0.2, -0.15) is 0 Å². The smallest absolute Gasteiger partial charge is 0.286 e. The molecule has 8 nitrogen and oxygen atoms in total. The van der Waals surface area contributed by atoms with Gasteiger partial charge in [-0.25, -0.2) is 0 Å². The van der Waals surface area contributed by atoms with Crippen molar-refractivity contribution in [2.75, 3.05) is 46.9 Å². The number of nitro benzene ring substituents is 1. The minimum atomic E-state index is -0.570. The molecule has 1 aliphatic heterocycles. The van der Waals surface area contributed by atoms with Crippen molar-refractivity contribution in [2.45, 2.75) is 0 Å². The number of carbonyl (C=O) groups excluding carboxylic acids is 1. The van der Waals surface area contributed by atoms with Crippen LogP contribution >= 0.6 is 0 Å². The average molecular weight is 411 g/mol. The second kappa shape index (κ2) is 9.89. The van der Waals surface area contributed by atoms with E-state index in [9.17, 15) is 14.9 Å². The van der Waals surface area contributed by atoms with Crippen LogP contribution in [0.3, 0.4) is 0 Å². The fourth-order valence-corrected chi connectivity index (χ4v) is 3.40. The van der Waals surface area contributed by atoms with Gasteiger partial charge < -0.3 is 14.4 Å². The number of rotatable bonds is 7. The Balaban J connectivity index is 1.65. The molecular weight excluding hydrogens is 386 g/mol. The topological polar surface area (TPSA) is 85.2 Å². The molecule has 30 heavy (non-hydrogen) atoms. The van der Waals surface area contributed by atoms with Gasteiger partial charge in [0.05, 0.1) is 25.2 Å². The Kier molecular flexibility index (Phi) is 7.03. The van der Waals surface area contributed by atoms with Gasteiger partial charge in [0.1, 0.15) is 5.56 Å². The summed E-state index contributed by atoms with van der Waals surface area (Å²) in [6, 6.07) is 12.7. The number of methoxy groups -OCH3 is 2. The van der Waals surface area contributed by atoms with E-state index in [0.717, 1.165) is 12.1 Å². The summed E-state index contributed by atoms with van der Waals surface area (Å²) in [5, 5.41) is 11.5. The number of hydrogen-bond donors (Lipinski definition) is 0. The Labute approximate surface area is 175 Å². The quantitative estimate of drug-likeness (QED) is 0.514. The molecule has 8 heteroatoms. The van der Waals surface area contributed by atoms with Gasteiger partial charge in [-0.05, 0) is 5.56 Å². The van der Waals surface area contributed by atoms with Crippen LogP contribution in [0.25, 0.3) is 6.08 Å². The van der Waals surface area contributed by atoms with Gasteiger partial charge >= 0.3 is 0 Å². The molecule has 0 bridgehead atoms. The van der Waals surface area contributed by atoms with Gasteiger partial charge in [0.15, 0.2) is 11.5 Å². The lowest BCUT2D eigenvalue weighted by Crippen LogP contribution is -2.48. The molecule has 0 unspecified atom stereocenters. The first-order valence-corrected chi connectivity index (χ1v) is 9.67. The van der Waals surface area contributed by atoms with Crippen LogP contribution in [-0.2, 0) is 0 Å². The highest BCUT2D eigenvalue weighted by atomic mass is 16.6. The van der Waals surface area contributed by atoms with Gasteiger partial charge in [0, 0.05) is 38.8 Å². The van der Waals surface area contributed by atoms with Crippen LogP contribution in [-0.4, -0.2) is 67.6 Å². The Morgan fingerprint density at radius 3 is 2.30 bits per heavy atom. The Morgan fingerprint density at radius 2 is 1.70 bits per heavy atom. The van der Waals surface area contributed by atoms with E-state index in [1.807, 2.05) is 30.3 Å². The molecule has 0 N–H and O–H groups in total. The third-order valence-corrected chi connectivity index (χ3v) is 5.06. The summed E-state index contributed by atoms with van der Waals surface area (Å²) in [7, 11) is 2.83. The Hall–Kier alpha value is -3.39. The van der Waals surface area contributed by atoms with E-state index in [1.54, 1.807) is 4.90 Å². The van der Waals surface area contributed by atoms with E-state index in [-0.39, 0.29) is 28.7 Å². The summed E-state index contributed by atoms with van der Waals surface area (Å²) < 4.78 is 10.3. The summed E-state index contributed by atoms with van der Waals surface area (Å²) in [5.74, 6) is 0.133. The summed E-state index contributed by atoms with van der Waals surface area (Å²) in [6.45, 7) is 3.19. The molecule has 0 spiro atoms. The highest BCUT2D eigenvalue weighted by molar-refractivity contribution is 5.99. The molecule has 1 fully saturated rings. The standard InChI is InChI=1S/C22H25N3O5/c1-29-20-15-18(19(25(27)28)16-21(20)30-2)22(26)24-13-11-23(12-14-24)10-6-9-17-7-4-3-5-8-17/h3-9,15-16H,10-14H2,1-2H3/b9-6+. The van der Waals surface area contributed by atoms with Crippen molar-refractivity contribution in [3.63, 3.8) is 0 Å². The molecule has 1 amide bonds. The molecule has 0 aliphatic carbocycles. The number of ether oxygens (including phenoxy) is 2. The van der Waals surface area contributed by atoms with E-state index in [0.29, 0.717) is 26.2 Å². The molecule has 2 aromatic carbocycles. The van der Waals surface area contributed by atoms with Gasteiger partial charge in [-0.1, -0.05) is 42.5 Å². The fourth-order valence-electron chi connectivity index (χ4n) is 3.40. The maximum absolute atomic E-state index is 13.0. The number of benzene rings is 2. The lowest BCUT2D eigenvalue weighted by atomic mass is 10.1. The van der Waals surface area contributed by atoms with Crippen LogP contribution in [0.15, 0.2) is 48.5 Å². The van der Waals surface area contributed by atoms with Crippen molar-refractivity contribution in [1.29, 1.82) is 0 Å². The van der Waals surface area contributed by atoms with Crippen LogP contribution in [0.2, 0.25) is 0 Å². The summed E-state index contributed by atoms with van der Waals surface area (Å²) in [4.78, 5) is 27.8. The third kappa shape index (κ3) is 4.96. The van der Waals surface area contributed by atoms with Crippen LogP contribution in [0.4, 0.5) is 5.69 Å². The van der Waals surface area contributed by atoms with Crippen LogP contribution < -0.4 is 9.47 Å². The van der Waals surface area contributed by atoms with Gasteiger partial charge in [-0.3, -0.25) is 19.8 Å². The van der Waals surface area contributed by atoms with Gasteiger partial charge in [0.25, 0.3) is 11.6 Å². The second-order valence-corrected chi connectivity index (χ2v) is 6.89. The Morgan fingerprint density at radius 1 is 1.07 bits per heavy atom. The largest absolute Gasteiger partial charge is 0.493 e. The molecule has 158 valence electrons. The number of piperazine rings is 1. The minimum absolute atomic E-state index is 0.00933. The first-order chi connectivity index (χ1) is 14.5. The average Bonchev–Trinajstić information content (AvgIpc) is 2.78. The van der Waals surface area contributed by atoms with Crippen LogP contribution in [0.5, 0.6) is 11.5 Å². The second-order valence-electron chi connectivity index (χ2n) is 6.89. The highest BCUT2D eigenvalue weighted by Gasteiger charge is 2.29. The Bertz CT molecular complexity index is 922. The molecule has 0 aromatic heterocycles. The van der Waals surface area contributed by atoms with Crippen molar-refractivity contribution in [2.24, 2.45) is 0 Å². The van der Waals surface area contributed by atoms with Crippen LogP contribution in [0.1, 0.15) is 15.9 Å². The first kappa shape index (κ1) is 21.3. The minimum Gasteiger partial charge on any atom is -0.493 e. The predicted octanol–water partition coefficient (Wildman–Crippen LogP) is 3.08. The fraction of sp³-hybridized carbons (Fsp3) is 0.318. The predicted molar refractivity (Wildman–Crippen MR) is 114 cm³/mol. The third-order valence-electron chi connectivity index (χ3n) is 5.06. The van der Waals surface area contributed by atoms with Crippen molar-refractivity contribution in [3.8, 4) is 11.5 Å². The maximum Gasteiger partial charge on any atom is 0.286 e. The summed E-state index contributed by atoms with van der Waals surface area (Å²) >= 11 is 0. The van der Waals surface area contributed by atoms with Crippen molar-refractivity contribution in [1.82, 2.24) is 9.80 Å². The molecule has 1 saturated heterocycles. The SMILES string of the molecule is COc1cc(C(=O)N2CCN(C/C=C/c3ccccc3)CC2)c([N+](=O)[O-])cc1OC. The van der Waals surface area contributed by atoms with E-state index in [1.165, 1.54) is 26.4 Å². The zero-order chi connectivity index (χ0) is 21.5. The lowest BCUT2D eigenvalue weighted by Gasteiger charge is -2.34. The molecule has 0 atom stereocenters. The molecule has 1 heterocycles. The zero-order valence-electron chi connectivity index (χ0n) is 17.1. The lowest BCUT2D eigenvalue weighted by molar-refractivity contribution is -0.385. The number of amides is 1. The van der Waals surface area contributed by atoms with Gasteiger partial charge in [-0.15, -0.1) is 0 Å². The molecule has 0 radical (unpaired) electrons. The molecule has 3 rings (SSSR count). The highest BCUT2D eigenvalue weighted by Crippen LogP contribution is 2.35.